The van der Waals surface area contributed by atoms with Crippen LogP contribution in [0.4, 0.5) is 5.69 Å². The number of anilines is 1. The summed E-state index contributed by atoms with van der Waals surface area (Å²) in [6.45, 7) is 2.00. The Morgan fingerprint density at radius 1 is 0.840 bits per heavy atom. The average Bonchev–Trinajstić information content (AvgIpc) is 2.63. The minimum absolute atomic E-state index is 0.0189. The average molecular weight is 329 g/mol. The van der Waals surface area contributed by atoms with Gasteiger partial charge in [-0.25, -0.2) is 0 Å². The molecule has 0 fully saturated rings. The molecule has 3 aromatic carbocycles. The molecule has 0 aliphatic carbocycles. The summed E-state index contributed by atoms with van der Waals surface area (Å²) >= 11 is 0. The molecule has 0 spiro atoms. The van der Waals surface area contributed by atoms with Crippen LogP contribution in [0.15, 0.2) is 78.9 Å². The van der Waals surface area contributed by atoms with Crippen molar-refractivity contribution in [2.75, 3.05) is 5.32 Å². The normalized spacial score (nSPS) is 10.3. The fraction of sp³-hybridized carbons (Fsp3) is 0.0909. The van der Waals surface area contributed by atoms with E-state index in [4.69, 9.17) is 0 Å². The number of aryl methyl sites for hydroxylation is 1. The van der Waals surface area contributed by atoms with Gasteiger partial charge in [-0.15, -0.1) is 0 Å². The van der Waals surface area contributed by atoms with Gasteiger partial charge in [0, 0.05) is 17.5 Å². The van der Waals surface area contributed by atoms with Crippen LogP contribution in [0.5, 0.6) is 0 Å². The Morgan fingerprint density at radius 2 is 1.56 bits per heavy atom. The van der Waals surface area contributed by atoms with Gasteiger partial charge in [0.15, 0.2) is 5.78 Å². The van der Waals surface area contributed by atoms with Crippen molar-refractivity contribution in [2.45, 2.75) is 13.3 Å². The van der Waals surface area contributed by atoms with E-state index in [0.717, 1.165) is 11.1 Å². The molecule has 0 aromatic heterocycles. The zero-order valence-corrected chi connectivity index (χ0v) is 14.0. The first-order valence-electron chi connectivity index (χ1n) is 8.17. The van der Waals surface area contributed by atoms with Crippen molar-refractivity contribution < 1.29 is 9.59 Å². The maximum Gasteiger partial charge on any atom is 0.255 e. The van der Waals surface area contributed by atoms with E-state index < -0.39 is 0 Å². The van der Waals surface area contributed by atoms with Crippen molar-refractivity contribution in [2.24, 2.45) is 0 Å². The van der Waals surface area contributed by atoms with Crippen LogP contribution in [0, 0.1) is 6.92 Å². The molecule has 0 aliphatic heterocycles. The first-order valence-corrected chi connectivity index (χ1v) is 8.17. The van der Waals surface area contributed by atoms with Gasteiger partial charge in [-0.05, 0) is 36.8 Å². The van der Waals surface area contributed by atoms with Gasteiger partial charge in [0.2, 0.25) is 0 Å². The van der Waals surface area contributed by atoms with E-state index in [1.165, 1.54) is 0 Å². The molecule has 0 aliphatic rings. The van der Waals surface area contributed by atoms with Crippen LogP contribution in [-0.4, -0.2) is 11.7 Å². The van der Waals surface area contributed by atoms with Gasteiger partial charge >= 0.3 is 0 Å². The van der Waals surface area contributed by atoms with Crippen LogP contribution in [0.25, 0.3) is 0 Å². The number of rotatable bonds is 5. The summed E-state index contributed by atoms with van der Waals surface area (Å²) in [5, 5.41) is 2.85. The number of benzene rings is 3. The van der Waals surface area contributed by atoms with Crippen LogP contribution in [0.1, 0.15) is 31.8 Å². The second-order valence-corrected chi connectivity index (χ2v) is 5.95. The number of carbonyl (C=O) groups excluding carboxylic acids is 2. The summed E-state index contributed by atoms with van der Waals surface area (Å²) in [5.41, 5.74) is 3.70. The molecule has 0 bridgehead atoms. The summed E-state index contributed by atoms with van der Waals surface area (Å²) in [5.74, 6) is -0.244. The van der Waals surface area contributed by atoms with Crippen molar-refractivity contribution in [3.05, 3.63) is 101 Å². The molecule has 0 saturated carbocycles. The fourth-order valence-electron chi connectivity index (χ4n) is 2.72. The first kappa shape index (κ1) is 16.7. The molecule has 0 atom stereocenters. The van der Waals surface area contributed by atoms with E-state index in [9.17, 15) is 9.59 Å². The van der Waals surface area contributed by atoms with Crippen LogP contribution in [0.2, 0.25) is 0 Å². The summed E-state index contributed by atoms with van der Waals surface area (Å²) in [6, 6.07) is 24.0. The standard InChI is InChI=1S/C22H19NO2/c1-16-8-7-9-17(14-16)15-21(24)19-12-5-6-13-20(19)23-22(25)18-10-3-2-4-11-18/h2-14H,15H2,1H3,(H,23,25). The molecule has 0 saturated heterocycles. The van der Waals surface area contributed by atoms with E-state index in [-0.39, 0.29) is 11.7 Å². The highest BCUT2D eigenvalue weighted by Gasteiger charge is 2.14. The molecule has 0 radical (unpaired) electrons. The third-order valence-electron chi connectivity index (χ3n) is 3.96. The molecule has 1 amide bonds. The molecule has 3 heteroatoms. The minimum Gasteiger partial charge on any atom is -0.321 e. The molecule has 25 heavy (non-hydrogen) atoms. The Labute approximate surface area is 147 Å². The second-order valence-electron chi connectivity index (χ2n) is 5.95. The monoisotopic (exact) mass is 329 g/mol. The number of Topliss-reactive ketones (excluding diaryl/α,β-unsaturated/α-hetero) is 1. The van der Waals surface area contributed by atoms with Crippen LogP contribution in [0.3, 0.4) is 0 Å². The lowest BCUT2D eigenvalue weighted by Gasteiger charge is -2.11. The summed E-state index contributed by atoms with van der Waals surface area (Å²) < 4.78 is 0. The van der Waals surface area contributed by atoms with Crippen molar-refractivity contribution >= 4 is 17.4 Å². The third kappa shape index (κ3) is 4.21. The van der Waals surface area contributed by atoms with Gasteiger partial charge in [-0.1, -0.05) is 60.2 Å². The fourth-order valence-corrected chi connectivity index (χ4v) is 2.72. The smallest absolute Gasteiger partial charge is 0.255 e. The SMILES string of the molecule is Cc1cccc(CC(=O)c2ccccc2NC(=O)c2ccccc2)c1. The highest BCUT2D eigenvalue weighted by atomic mass is 16.1. The Hall–Kier alpha value is -3.20. The lowest BCUT2D eigenvalue weighted by Crippen LogP contribution is -2.15. The zero-order chi connectivity index (χ0) is 17.6. The Bertz CT molecular complexity index is 901. The zero-order valence-electron chi connectivity index (χ0n) is 14.0. The van der Waals surface area contributed by atoms with Gasteiger partial charge in [0.05, 0.1) is 5.69 Å². The summed E-state index contributed by atoms with van der Waals surface area (Å²) in [4.78, 5) is 25.1. The number of ketones is 1. The molecule has 3 rings (SSSR count). The van der Waals surface area contributed by atoms with E-state index >= 15 is 0 Å². The Morgan fingerprint density at radius 3 is 2.32 bits per heavy atom. The number of amides is 1. The van der Waals surface area contributed by atoms with Crippen molar-refractivity contribution in [3.8, 4) is 0 Å². The quantitative estimate of drug-likeness (QED) is 0.691. The predicted molar refractivity (Wildman–Crippen MR) is 100 cm³/mol. The largest absolute Gasteiger partial charge is 0.321 e. The number of hydrogen-bond acceptors (Lipinski definition) is 2. The topological polar surface area (TPSA) is 46.2 Å². The molecular weight excluding hydrogens is 310 g/mol. The summed E-state index contributed by atoms with van der Waals surface area (Å²) in [6.07, 6.45) is 0.305. The van der Waals surface area contributed by atoms with Crippen molar-refractivity contribution in [1.29, 1.82) is 0 Å². The molecular formula is C22H19NO2. The van der Waals surface area contributed by atoms with Crippen LogP contribution in [-0.2, 0) is 6.42 Å². The molecule has 3 nitrogen and oxygen atoms in total. The van der Waals surface area contributed by atoms with Gasteiger partial charge in [-0.2, -0.15) is 0 Å². The van der Waals surface area contributed by atoms with Crippen molar-refractivity contribution in [3.63, 3.8) is 0 Å². The first-order chi connectivity index (χ1) is 12.1. The highest BCUT2D eigenvalue weighted by molar-refractivity contribution is 6.09. The number of nitrogens with one attached hydrogen (secondary N) is 1. The molecule has 0 unspecified atom stereocenters. The van der Waals surface area contributed by atoms with E-state index in [2.05, 4.69) is 5.32 Å². The number of carbonyl (C=O) groups is 2. The van der Waals surface area contributed by atoms with E-state index in [0.29, 0.717) is 23.2 Å². The van der Waals surface area contributed by atoms with Crippen LogP contribution >= 0.6 is 0 Å². The highest BCUT2D eigenvalue weighted by Crippen LogP contribution is 2.19. The Kier molecular flexibility index (Phi) is 5.05. The van der Waals surface area contributed by atoms with E-state index in [1.807, 2.05) is 61.5 Å². The Balaban J connectivity index is 1.81. The molecule has 0 heterocycles. The summed E-state index contributed by atoms with van der Waals surface area (Å²) in [7, 11) is 0. The van der Waals surface area contributed by atoms with Gasteiger partial charge in [-0.3, -0.25) is 9.59 Å². The third-order valence-corrected chi connectivity index (χ3v) is 3.96. The molecule has 1 N–H and O–H groups in total. The maximum absolute atomic E-state index is 12.7. The minimum atomic E-state index is -0.226. The molecule has 3 aromatic rings. The number of hydrogen-bond donors (Lipinski definition) is 1. The van der Waals surface area contributed by atoms with Gasteiger partial charge < -0.3 is 5.32 Å². The second kappa shape index (κ2) is 7.58. The van der Waals surface area contributed by atoms with Crippen molar-refractivity contribution in [1.82, 2.24) is 0 Å². The van der Waals surface area contributed by atoms with Gasteiger partial charge in [0.25, 0.3) is 5.91 Å². The predicted octanol–water partition coefficient (Wildman–Crippen LogP) is 4.67. The molecule has 124 valence electrons. The van der Waals surface area contributed by atoms with E-state index in [1.54, 1.807) is 24.3 Å². The van der Waals surface area contributed by atoms with Gasteiger partial charge in [0.1, 0.15) is 0 Å². The lowest BCUT2D eigenvalue weighted by atomic mass is 10.00. The maximum atomic E-state index is 12.7. The number of para-hydroxylation sites is 1. The lowest BCUT2D eigenvalue weighted by molar-refractivity contribution is 0.0994. The van der Waals surface area contributed by atoms with Crippen LogP contribution < -0.4 is 5.32 Å².